The van der Waals surface area contributed by atoms with Crippen LogP contribution >= 0.6 is 0 Å². The lowest BCUT2D eigenvalue weighted by atomic mass is 10.2. The molecule has 1 aromatic carbocycles. The molecule has 30 heavy (non-hydrogen) atoms. The van der Waals surface area contributed by atoms with Gasteiger partial charge >= 0.3 is 0 Å². The minimum atomic E-state index is -0.606. The van der Waals surface area contributed by atoms with E-state index in [0.717, 1.165) is 17.1 Å². The molecule has 1 unspecified atom stereocenters. The van der Waals surface area contributed by atoms with Crippen molar-refractivity contribution >= 4 is 11.7 Å². The van der Waals surface area contributed by atoms with Gasteiger partial charge in [-0.25, -0.2) is 0 Å². The molecule has 2 aliphatic rings. The SMILES string of the molecule is O=C(C1COc2ccccc2O1)N1CCN(c2ccc(-c3ccncc3)nn2)CC1. The summed E-state index contributed by atoms with van der Waals surface area (Å²) in [5.41, 5.74) is 1.79. The highest BCUT2D eigenvalue weighted by Crippen LogP contribution is 2.31. The molecule has 1 fully saturated rings. The van der Waals surface area contributed by atoms with E-state index in [4.69, 9.17) is 9.47 Å². The summed E-state index contributed by atoms with van der Waals surface area (Å²) in [6.07, 6.45) is 2.87. The summed E-state index contributed by atoms with van der Waals surface area (Å²) in [6, 6.07) is 15.2. The van der Waals surface area contributed by atoms with Crippen LogP contribution in [0.4, 0.5) is 5.82 Å². The Hall–Kier alpha value is -3.68. The Balaban J connectivity index is 1.19. The summed E-state index contributed by atoms with van der Waals surface area (Å²) in [6.45, 7) is 2.83. The summed E-state index contributed by atoms with van der Waals surface area (Å²) in [4.78, 5) is 20.9. The van der Waals surface area contributed by atoms with Crippen molar-refractivity contribution in [1.82, 2.24) is 20.1 Å². The molecule has 1 atom stereocenters. The van der Waals surface area contributed by atoms with E-state index in [-0.39, 0.29) is 12.5 Å². The summed E-state index contributed by atoms with van der Waals surface area (Å²) >= 11 is 0. The third-order valence-corrected chi connectivity index (χ3v) is 5.33. The van der Waals surface area contributed by atoms with Crippen molar-refractivity contribution in [3.63, 3.8) is 0 Å². The topological polar surface area (TPSA) is 80.7 Å². The Labute approximate surface area is 174 Å². The van der Waals surface area contributed by atoms with Crippen molar-refractivity contribution in [2.24, 2.45) is 0 Å². The van der Waals surface area contributed by atoms with Gasteiger partial charge in [0.05, 0.1) is 5.69 Å². The van der Waals surface area contributed by atoms with Crippen molar-refractivity contribution in [2.45, 2.75) is 6.10 Å². The zero-order valence-corrected chi connectivity index (χ0v) is 16.3. The zero-order chi connectivity index (χ0) is 20.3. The number of benzene rings is 1. The quantitative estimate of drug-likeness (QED) is 0.662. The van der Waals surface area contributed by atoms with Crippen LogP contribution in [-0.2, 0) is 4.79 Å². The molecule has 0 N–H and O–H groups in total. The van der Waals surface area contributed by atoms with Crippen molar-refractivity contribution < 1.29 is 14.3 Å². The van der Waals surface area contributed by atoms with Crippen molar-refractivity contribution in [3.8, 4) is 22.8 Å². The number of piperazine rings is 1. The molecule has 1 saturated heterocycles. The average Bonchev–Trinajstić information content (AvgIpc) is 2.84. The van der Waals surface area contributed by atoms with Gasteiger partial charge in [-0.2, -0.15) is 0 Å². The van der Waals surface area contributed by atoms with Crippen LogP contribution in [0.15, 0.2) is 60.9 Å². The monoisotopic (exact) mass is 403 g/mol. The molecule has 0 aliphatic carbocycles. The van der Waals surface area contributed by atoms with Crippen LogP contribution in [0.2, 0.25) is 0 Å². The van der Waals surface area contributed by atoms with Crippen LogP contribution < -0.4 is 14.4 Å². The molecule has 2 aromatic heterocycles. The Morgan fingerprint density at radius 2 is 1.67 bits per heavy atom. The van der Waals surface area contributed by atoms with Crippen LogP contribution in [0, 0.1) is 0 Å². The summed E-state index contributed by atoms with van der Waals surface area (Å²) in [5.74, 6) is 2.07. The number of carbonyl (C=O) groups excluding carboxylic acids is 1. The van der Waals surface area contributed by atoms with Gasteiger partial charge < -0.3 is 19.3 Å². The number of pyridine rings is 1. The van der Waals surface area contributed by atoms with Gasteiger partial charge in [-0.1, -0.05) is 12.1 Å². The molecule has 152 valence electrons. The molecule has 0 saturated carbocycles. The molecule has 0 spiro atoms. The first-order chi connectivity index (χ1) is 14.8. The minimum absolute atomic E-state index is 0.0386. The fraction of sp³-hybridized carbons (Fsp3) is 0.273. The number of carbonyl (C=O) groups is 1. The molecule has 3 aromatic rings. The van der Waals surface area contributed by atoms with Gasteiger partial charge in [0.1, 0.15) is 6.61 Å². The van der Waals surface area contributed by atoms with E-state index in [1.54, 1.807) is 12.4 Å². The first-order valence-corrected chi connectivity index (χ1v) is 9.94. The van der Waals surface area contributed by atoms with Gasteiger partial charge in [0.15, 0.2) is 17.3 Å². The van der Waals surface area contributed by atoms with Crippen LogP contribution in [0.25, 0.3) is 11.3 Å². The Morgan fingerprint density at radius 3 is 2.40 bits per heavy atom. The maximum absolute atomic E-state index is 12.9. The molecule has 2 aliphatic heterocycles. The first kappa shape index (κ1) is 18.4. The number of hydrogen-bond donors (Lipinski definition) is 0. The number of amides is 1. The van der Waals surface area contributed by atoms with Crippen molar-refractivity contribution in [1.29, 1.82) is 0 Å². The Morgan fingerprint density at radius 1 is 0.900 bits per heavy atom. The number of hydrogen-bond acceptors (Lipinski definition) is 7. The van der Waals surface area contributed by atoms with Gasteiger partial charge in [-0.05, 0) is 36.4 Å². The lowest BCUT2D eigenvalue weighted by Gasteiger charge is -2.37. The van der Waals surface area contributed by atoms with Gasteiger partial charge in [0, 0.05) is 44.1 Å². The highest BCUT2D eigenvalue weighted by Gasteiger charge is 2.32. The van der Waals surface area contributed by atoms with E-state index in [9.17, 15) is 4.79 Å². The lowest BCUT2D eigenvalue weighted by molar-refractivity contribution is -0.141. The fourth-order valence-corrected chi connectivity index (χ4v) is 3.67. The standard InChI is InChI=1S/C22H21N5O3/c28-22(20-15-29-18-3-1-2-4-19(18)30-20)27-13-11-26(12-14-27)21-6-5-17(24-25-21)16-7-9-23-10-8-16/h1-10,20H,11-15H2. The summed E-state index contributed by atoms with van der Waals surface area (Å²) in [5, 5.41) is 8.71. The zero-order valence-electron chi connectivity index (χ0n) is 16.3. The van der Waals surface area contributed by atoms with E-state index < -0.39 is 6.10 Å². The number of ether oxygens (including phenoxy) is 2. The number of fused-ring (bicyclic) bond motifs is 1. The van der Waals surface area contributed by atoms with E-state index >= 15 is 0 Å². The van der Waals surface area contributed by atoms with E-state index in [1.165, 1.54) is 0 Å². The summed E-state index contributed by atoms with van der Waals surface area (Å²) < 4.78 is 11.5. The number of rotatable bonds is 3. The van der Waals surface area contributed by atoms with Crippen molar-refractivity contribution in [3.05, 3.63) is 60.9 Å². The number of anilines is 1. The molecule has 5 rings (SSSR count). The predicted octanol–water partition coefficient (Wildman–Crippen LogP) is 2.03. The average molecular weight is 403 g/mol. The second kappa shape index (κ2) is 7.98. The highest BCUT2D eigenvalue weighted by atomic mass is 16.6. The molecule has 0 radical (unpaired) electrons. The smallest absolute Gasteiger partial charge is 0.267 e. The van der Waals surface area contributed by atoms with Gasteiger partial charge in [-0.3, -0.25) is 9.78 Å². The normalized spacial score (nSPS) is 18.2. The van der Waals surface area contributed by atoms with Crippen LogP contribution in [-0.4, -0.2) is 64.9 Å². The third kappa shape index (κ3) is 3.63. The number of para-hydroxylation sites is 2. The first-order valence-electron chi connectivity index (χ1n) is 9.94. The molecule has 4 heterocycles. The molecular formula is C22H21N5O3. The van der Waals surface area contributed by atoms with Crippen LogP contribution in [0.5, 0.6) is 11.5 Å². The van der Waals surface area contributed by atoms with Crippen molar-refractivity contribution in [2.75, 3.05) is 37.7 Å². The third-order valence-electron chi connectivity index (χ3n) is 5.33. The van der Waals surface area contributed by atoms with E-state index in [0.29, 0.717) is 37.7 Å². The van der Waals surface area contributed by atoms with E-state index in [1.807, 2.05) is 53.4 Å². The van der Waals surface area contributed by atoms with Gasteiger partial charge in [-0.15, -0.1) is 10.2 Å². The highest BCUT2D eigenvalue weighted by molar-refractivity contribution is 5.82. The molecule has 1 amide bonds. The predicted molar refractivity (Wildman–Crippen MR) is 110 cm³/mol. The maximum atomic E-state index is 12.9. The molecule has 8 heteroatoms. The minimum Gasteiger partial charge on any atom is -0.485 e. The molecule has 8 nitrogen and oxygen atoms in total. The van der Waals surface area contributed by atoms with E-state index in [2.05, 4.69) is 20.1 Å². The Bertz CT molecular complexity index is 1020. The second-order valence-electron chi connectivity index (χ2n) is 7.19. The Kier molecular flexibility index (Phi) is 4.88. The maximum Gasteiger partial charge on any atom is 0.267 e. The fourth-order valence-electron chi connectivity index (χ4n) is 3.67. The summed E-state index contributed by atoms with van der Waals surface area (Å²) in [7, 11) is 0. The largest absolute Gasteiger partial charge is 0.485 e. The number of aromatic nitrogens is 3. The second-order valence-corrected chi connectivity index (χ2v) is 7.19. The molecular weight excluding hydrogens is 382 g/mol. The van der Waals surface area contributed by atoms with Crippen LogP contribution in [0.1, 0.15) is 0 Å². The van der Waals surface area contributed by atoms with Crippen LogP contribution in [0.3, 0.4) is 0 Å². The molecule has 0 bridgehead atoms. The number of nitrogens with zero attached hydrogens (tertiary/aromatic N) is 5. The van der Waals surface area contributed by atoms with Gasteiger partial charge in [0.25, 0.3) is 5.91 Å². The van der Waals surface area contributed by atoms with Gasteiger partial charge in [0.2, 0.25) is 6.10 Å². The lowest BCUT2D eigenvalue weighted by Crippen LogP contribution is -2.54.